The summed E-state index contributed by atoms with van der Waals surface area (Å²) in [6, 6.07) is 2.52. The maximum absolute atomic E-state index is 14.6. The molecule has 0 unspecified atom stereocenters. The number of carboxylic acids is 1. The molecule has 3 saturated heterocycles. The molecule has 18 atom stereocenters. The largest absolute Gasteiger partial charge is 0.477 e. The summed E-state index contributed by atoms with van der Waals surface area (Å²) in [7, 11) is 7.17. The minimum absolute atomic E-state index is 0.136. The molecule has 0 spiro atoms. The fraction of sp³-hybridized carbons (Fsp3) is 0.803. The molecule has 1 amide bonds. The van der Waals surface area contributed by atoms with E-state index in [1.807, 2.05) is 70.1 Å². The number of hydrogen-bond donors (Lipinski definition) is 7. The van der Waals surface area contributed by atoms with Gasteiger partial charge in [-0.25, -0.2) is 4.79 Å². The highest BCUT2D eigenvalue weighted by molar-refractivity contribution is 6.34. The molecule has 484 valence electrons. The number of anilines is 1. The van der Waals surface area contributed by atoms with E-state index in [1.54, 1.807) is 46.9 Å². The van der Waals surface area contributed by atoms with Crippen LogP contribution in [0.15, 0.2) is 23.1 Å². The molecule has 1 aromatic carbocycles. The van der Waals surface area contributed by atoms with E-state index in [0.29, 0.717) is 55.3 Å². The second-order valence-corrected chi connectivity index (χ2v) is 25.7. The lowest BCUT2D eigenvalue weighted by atomic mass is 9.77. The monoisotopic (exact) mass is 1230 g/mol. The molecular formula is C61H100ClN5O18. The number of pyridine rings is 1. The third-order valence-corrected chi connectivity index (χ3v) is 18.1. The minimum Gasteiger partial charge on any atom is -0.477 e. The Morgan fingerprint density at radius 3 is 2.22 bits per heavy atom. The van der Waals surface area contributed by atoms with Crippen molar-refractivity contribution < 1.29 is 82.5 Å². The summed E-state index contributed by atoms with van der Waals surface area (Å²) in [5, 5.41) is 64.5. The number of nitrogens with one attached hydrogen (secondary N) is 2. The lowest BCUT2D eigenvalue weighted by Gasteiger charge is -2.49. The molecule has 85 heavy (non-hydrogen) atoms. The molecule has 6 rings (SSSR count). The molecule has 4 aliphatic rings. The number of likely N-dealkylation sites (N-methyl/N-ethyl adjacent to an activating group) is 2. The second kappa shape index (κ2) is 30.7. The molecule has 2 aromatic rings. The Morgan fingerprint density at radius 1 is 0.906 bits per heavy atom. The highest BCUT2D eigenvalue weighted by Crippen LogP contribution is 2.42. The van der Waals surface area contributed by atoms with Gasteiger partial charge in [-0.15, -0.1) is 0 Å². The van der Waals surface area contributed by atoms with Crippen LogP contribution in [0.5, 0.6) is 0 Å². The summed E-state index contributed by atoms with van der Waals surface area (Å²) in [6.45, 7) is 20.2. The number of hydrogen-bond acceptors (Lipinski definition) is 20. The highest BCUT2D eigenvalue weighted by atomic mass is 35.5. The molecule has 3 aliphatic heterocycles. The van der Waals surface area contributed by atoms with Crippen LogP contribution in [0.2, 0.25) is 5.02 Å². The number of aliphatic hydroxyl groups excluding tert-OH is 2. The number of esters is 1. The van der Waals surface area contributed by atoms with E-state index < -0.39 is 107 Å². The molecule has 1 aliphatic carbocycles. The SMILES string of the molecule is CC[C@H]1OC(=O)[C@H](C)[C@@H](O[C@H]2C[C@@](C)(OC)[C@@H](OCCCNC(=O)CCOCCOCCNc3cc4c(=O)c(C(=O)O)cn(C5CC5)c4cc3Cl)[C@H](C)O2)[C@H](C)[C@@H](O[C@@H]2O[C@H](C)C[C@H](N(C)C)[C@H]2O)[C@](C)(O)C[C@@H](C)CN(C)[C@H](C)[C@@H](O)[C@]1(C)O. The molecule has 4 heterocycles. The molecular weight excluding hydrogens is 1130 g/mol. The number of cyclic esters (lactones) is 1. The third-order valence-electron chi connectivity index (χ3n) is 17.8. The van der Waals surface area contributed by atoms with Gasteiger partial charge in [0.1, 0.15) is 35.6 Å². The number of aromatic nitrogens is 1. The van der Waals surface area contributed by atoms with Gasteiger partial charge in [-0.05, 0) is 126 Å². The van der Waals surface area contributed by atoms with E-state index >= 15 is 0 Å². The van der Waals surface area contributed by atoms with E-state index in [1.165, 1.54) is 13.1 Å². The van der Waals surface area contributed by atoms with E-state index in [2.05, 4.69) is 10.6 Å². The zero-order valence-corrected chi connectivity index (χ0v) is 53.3. The minimum atomic E-state index is -1.85. The first-order valence-electron chi connectivity index (χ1n) is 30.4. The number of benzene rings is 1. The van der Waals surface area contributed by atoms with Crippen LogP contribution in [0.3, 0.4) is 0 Å². The number of amides is 1. The maximum atomic E-state index is 14.6. The number of aliphatic hydroxyl groups is 4. The lowest BCUT2D eigenvalue weighted by Crippen LogP contribution is -2.61. The molecule has 7 N–H and O–H groups in total. The first-order valence-corrected chi connectivity index (χ1v) is 30.8. The van der Waals surface area contributed by atoms with Crippen molar-refractivity contribution >= 4 is 46.0 Å². The molecule has 1 saturated carbocycles. The zero-order valence-electron chi connectivity index (χ0n) is 52.5. The Hall–Kier alpha value is -3.63. The smallest absolute Gasteiger partial charge is 0.341 e. The quantitative estimate of drug-likeness (QED) is 0.0540. The number of halogens is 1. The molecule has 23 nitrogen and oxygen atoms in total. The summed E-state index contributed by atoms with van der Waals surface area (Å²) in [5.41, 5.74) is -4.20. The fourth-order valence-electron chi connectivity index (χ4n) is 12.7. The van der Waals surface area contributed by atoms with Crippen LogP contribution in [-0.4, -0.2) is 229 Å². The highest BCUT2D eigenvalue weighted by Gasteiger charge is 2.53. The van der Waals surface area contributed by atoms with Crippen molar-refractivity contribution in [1.29, 1.82) is 0 Å². The van der Waals surface area contributed by atoms with Crippen LogP contribution in [-0.2, 0) is 52.2 Å². The summed E-state index contributed by atoms with van der Waals surface area (Å²) in [5.74, 6) is -4.24. The maximum Gasteiger partial charge on any atom is 0.341 e. The number of fused-ring (bicyclic) bond motifs is 1. The van der Waals surface area contributed by atoms with Crippen LogP contribution in [0, 0.1) is 17.8 Å². The Balaban J connectivity index is 1.02. The zero-order chi connectivity index (χ0) is 62.9. The Morgan fingerprint density at radius 2 is 1.59 bits per heavy atom. The van der Waals surface area contributed by atoms with Gasteiger partial charge in [-0.1, -0.05) is 32.4 Å². The van der Waals surface area contributed by atoms with Crippen LogP contribution < -0.4 is 16.1 Å². The first kappa shape index (κ1) is 70.5. The van der Waals surface area contributed by atoms with E-state index in [0.717, 1.165) is 12.8 Å². The predicted molar refractivity (Wildman–Crippen MR) is 319 cm³/mol. The third kappa shape index (κ3) is 17.8. The van der Waals surface area contributed by atoms with Crippen molar-refractivity contribution in [3.05, 3.63) is 39.1 Å². The molecule has 4 fully saturated rings. The number of rotatable bonds is 24. The van der Waals surface area contributed by atoms with Crippen LogP contribution in [0.25, 0.3) is 10.9 Å². The van der Waals surface area contributed by atoms with Crippen LogP contribution in [0.4, 0.5) is 5.69 Å². The van der Waals surface area contributed by atoms with Gasteiger partial charge in [0.05, 0.1) is 84.2 Å². The number of methoxy groups -OCH3 is 1. The van der Waals surface area contributed by atoms with Crippen molar-refractivity contribution in [3.8, 4) is 0 Å². The van der Waals surface area contributed by atoms with E-state index in [9.17, 15) is 44.7 Å². The fourth-order valence-corrected chi connectivity index (χ4v) is 12.9. The first-order chi connectivity index (χ1) is 40.0. The molecule has 0 bridgehead atoms. The number of carbonyl (C=O) groups excluding carboxylic acids is 2. The summed E-state index contributed by atoms with van der Waals surface area (Å²) in [6.07, 6.45) is -4.42. The van der Waals surface area contributed by atoms with Gasteiger partial charge >= 0.3 is 11.9 Å². The normalized spacial score (nSPS) is 35.7. The van der Waals surface area contributed by atoms with Crippen molar-refractivity contribution in [2.75, 3.05) is 86.2 Å². The van der Waals surface area contributed by atoms with Crippen molar-refractivity contribution in [2.45, 2.75) is 217 Å². The van der Waals surface area contributed by atoms with Gasteiger partial charge in [0.15, 0.2) is 12.6 Å². The number of nitrogens with zero attached hydrogens (tertiary/aromatic N) is 3. The Labute approximate surface area is 506 Å². The van der Waals surface area contributed by atoms with Crippen molar-refractivity contribution in [1.82, 2.24) is 19.7 Å². The summed E-state index contributed by atoms with van der Waals surface area (Å²) < 4.78 is 58.6. The van der Waals surface area contributed by atoms with Crippen LogP contribution >= 0.6 is 11.6 Å². The van der Waals surface area contributed by atoms with E-state index in [-0.39, 0.29) is 93.1 Å². The van der Waals surface area contributed by atoms with Crippen molar-refractivity contribution in [3.63, 3.8) is 0 Å². The Bertz CT molecular complexity index is 2570. The van der Waals surface area contributed by atoms with E-state index in [4.69, 9.17) is 54.2 Å². The number of carbonyl (C=O) groups is 3. The number of aromatic carboxylic acids is 1. The van der Waals surface area contributed by atoms with Gasteiger partial charge in [-0.3, -0.25) is 14.4 Å². The molecule has 0 radical (unpaired) electrons. The Kier molecular flexibility index (Phi) is 25.5. The predicted octanol–water partition coefficient (Wildman–Crippen LogP) is 4.97. The second-order valence-electron chi connectivity index (χ2n) is 25.3. The average Bonchev–Trinajstić information content (AvgIpc) is 2.17. The molecule has 24 heteroatoms. The lowest BCUT2D eigenvalue weighted by molar-refractivity contribution is -0.320. The summed E-state index contributed by atoms with van der Waals surface area (Å²) >= 11 is 6.56. The molecule has 1 aromatic heterocycles. The van der Waals surface area contributed by atoms with Gasteiger partial charge in [0.25, 0.3) is 0 Å². The van der Waals surface area contributed by atoms with Gasteiger partial charge in [-0.2, -0.15) is 0 Å². The topological polar surface area (TPSA) is 288 Å². The van der Waals surface area contributed by atoms with Crippen molar-refractivity contribution in [2.24, 2.45) is 17.8 Å². The van der Waals surface area contributed by atoms with Crippen LogP contribution in [0.1, 0.15) is 137 Å². The summed E-state index contributed by atoms with van der Waals surface area (Å²) in [4.78, 5) is 56.0. The average molecular weight is 1230 g/mol. The number of carboxylic acid groups (broad SMARTS) is 1. The van der Waals surface area contributed by atoms with Gasteiger partial charge in [0.2, 0.25) is 11.3 Å². The van der Waals surface area contributed by atoms with Gasteiger partial charge < -0.3 is 93.2 Å². The number of ether oxygens (including phenoxy) is 9. The standard InChI is InChI=1S/C61H100ClN5O18/c1-15-47-61(10,76)53(71)38(6)66(13)32-34(2)30-59(8,75)54(85-58-51(70)46(65(11)12)27-35(3)81-58)36(4)52(37(5)57(74)83-47)84-49-31-60(9,77-14)55(39(7)82-49)80-22-16-20-64-48(68)19-23-78-25-26-79-24-21-63-44-28-41-45(29-43(44)62)67(40-17-18-40)33-42(50(41)69)56(72)73/h28-29,33-40,46-47,49,51-55,58,63,70-71,75-76H,15-27,30-32H2,1-14H3,(H,64,68)(H,72,73)/t34-,35-,36+,37-,38-,39+,46+,47-,49+,51-,52+,53-,54-,55+,58+,59-,60-,61-/m1/s1. The van der Waals surface area contributed by atoms with Gasteiger partial charge in [0, 0.05) is 81.8 Å².